The molecule has 126 valence electrons. The number of carbonyl (C=O) groups is 2. The monoisotopic (exact) mass is 324 g/mol. The zero-order chi connectivity index (χ0) is 17.3. The van der Waals surface area contributed by atoms with Gasteiger partial charge >= 0.3 is 0 Å². The zero-order valence-electron chi connectivity index (χ0n) is 14.5. The van der Waals surface area contributed by atoms with Crippen molar-refractivity contribution in [2.24, 2.45) is 0 Å². The highest BCUT2D eigenvalue weighted by Crippen LogP contribution is 2.31. The van der Waals surface area contributed by atoms with Gasteiger partial charge in [-0.15, -0.1) is 0 Å². The number of nitrogens with zero attached hydrogens (tertiary/aromatic N) is 1. The Hall–Kier alpha value is -2.36. The van der Waals surface area contributed by atoms with Crippen LogP contribution in [0.25, 0.3) is 0 Å². The molecule has 1 aliphatic heterocycles. The van der Waals surface area contributed by atoms with E-state index in [0.29, 0.717) is 12.1 Å². The van der Waals surface area contributed by atoms with Gasteiger partial charge in [-0.2, -0.15) is 0 Å². The van der Waals surface area contributed by atoms with E-state index in [-0.39, 0.29) is 11.5 Å². The molecule has 24 heavy (non-hydrogen) atoms. The van der Waals surface area contributed by atoms with Crippen LogP contribution in [0.4, 0.5) is 0 Å². The summed E-state index contributed by atoms with van der Waals surface area (Å²) in [6.45, 7) is 7.01. The average Bonchev–Trinajstić information content (AvgIpc) is 3.23. The molecule has 0 spiro atoms. The molecule has 4 nitrogen and oxygen atoms in total. The van der Waals surface area contributed by atoms with E-state index < -0.39 is 11.7 Å². The topological polar surface area (TPSA) is 53.2 Å². The molecule has 1 atom stereocenters. The number of amides is 1. The number of benzene rings is 1. The Morgan fingerprint density at radius 3 is 2.42 bits per heavy atom. The first kappa shape index (κ1) is 16.5. The standard InChI is InChI=1S/C20H24N2O2/c1-20(2,3)15-10-8-14(9-11-15)18(23)19(24)22-13-5-7-17(22)16-6-4-12-21-16/h4,6,8-12,17,21H,5,7,13H2,1-3H3/t17-/m0/s1. The van der Waals surface area contributed by atoms with Crippen LogP contribution in [0.3, 0.4) is 0 Å². The fraction of sp³-hybridized carbons (Fsp3) is 0.400. The summed E-state index contributed by atoms with van der Waals surface area (Å²) in [5.74, 6) is -0.829. The number of H-pyrrole nitrogens is 1. The van der Waals surface area contributed by atoms with Gasteiger partial charge in [0.05, 0.1) is 6.04 Å². The van der Waals surface area contributed by atoms with Crippen LogP contribution in [-0.4, -0.2) is 28.1 Å². The Kier molecular flexibility index (Phi) is 4.31. The van der Waals surface area contributed by atoms with Gasteiger partial charge in [0.2, 0.25) is 5.78 Å². The van der Waals surface area contributed by atoms with Gasteiger partial charge in [0, 0.05) is 24.0 Å². The van der Waals surface area contributed by atoms with E-state index in [4.69, 9.17) is 0 Å². The summed E-state index contributed by atoms with van der Waals surface area (Å²) < 4.78 is 0. The molecule has 1 aromatic carbocycles. The number of likely N-dealkylation sites (tertiary alicyclic amines) is 1. The summed E-state index contributed by atoms with van der Waals surface area (Å²) in [5, 5.41) is 0. The molecule has 1 aliphatic rings. The van der Waals surface area contributed by atoms with E-state index in [1.165, 1.54) is 0 Å². The van der Waals surface area contributed by atoms with Crippen molar-refractivity contribution in [2.75, 3.05) is 6.54 Å². The lowest BCUT2D eigenvalue weighted by Crippen LogP contribution is -2.36. The van der Waals surface area contributed by atoms with Crippen LogP contribution in [0.1, 0.15) is 61.3 Å². The minimum Gasteiger partial charge on any atom is -0.363 e. The minimum absolute atomic E-state index is 0.0229. The van der Waals surface area contributed by atoms with E-state index in [2.05, 4.69) is 25.8 Å². The van der Waals surface area contributed by atoms with Crippen LogP contribution >= 0.6 is 0 Å². The third-order valence-corrected chi connectivity index (χ3v) is 4.70. The molecule has 0 aliphatic carbocycles. The maximum absolute atomic E-state index is 12.7. The van der Waals surface area contributed by atoms with Gasteiger partial charge in [-0.05, 0) is 36.0 Å². The van der Waals surface area contributed by atoms with Crippen molar-refractivity contribution >= 4 is 11.7 Å². The number of hydrogen-bond donors (Lipinski definition) is 1. The summed E-state index contributed by atoms with van der Waals surface area (Å²) in [6.07, 6.45) is 3.66. The number of ketones is 1. The summed E-state index contributed by atoms with van der Waals surface area (Å²) >= 11 is 0. The number of aromatic nitrogens is 1. The summed E-state index contributed by atoms with van der Waals surface area (Å²) in [7, 11) is 0. The van der Waals surface area contributed by atoms with Gasteiger partial charge in [-0.3, -0.25) is 9.59 Å². The second-order valence-corrected chi connectivity index (χ2v) is 7.44. The number of rotatable bonds is 3. The quantitative estimate of drug-likeness (QED) is 0.688. The largest absolute Gasteiger partial charge is 0.363 e. The van der Waals surface area contributed by atoms with Crippen LogP contribution < -0.4 is 0 Å². The molecule has 4 heteroatoms. The Morgan fingerprint density at radius 1 is 1.12 bits per heavy atom. The van der Waals surface area contributed by atoms with Crippen LogP contribution in [0, 0.1) is 0 Å². The van der Waals surface area contributed by atoms with Gasteiger partial charge in [0.25, 0.3) is 5.91 Å². The Bertz CT molecular complexity index is 724. The van der Waals surface area contributed by atoms with Crippen molar-refractivity contribution in [2.45, 2.75) is 45.1 Å². The second-order valence-electron chi connectivity index (χ2n) is 7.44. The first-order valence-corrected chi connectivity index (χ1v) is 8.47. The molecule has 1 N–H and O–H groups in total. The average molecular weight is 324 g/mol. The highest BCUT2D eigenvalue weighted by Gasteiger charge is 2.34. The Balaban J connectivity index is 1.78. The predicted molar refractivity (Wildman–Crippen MR) is 94.0 cm³/mol. The van der Waals surface area contributed by atoms with Crippen LogP contribution in [0.2, 0.25) is 0 Å². The normalized spacial score (nSPS) is 18.0. The predicted octanol–water partition coefficient (Wildman–Crippen LogP) is 3.86. The van der Waals surface area contributed by atoms with Crippen molar-refractivity contribution in [1.29, 1.82) is 0 Å². The van der Waals surface area contributed by atoms with Crippen molar-refractivity contribution in [3.8, 4) is 0 Å². The number of Topliss-reactive ketones (excluding diaryl/α,β-unsaturated/α-hetero) is 1. The SMILES string of the molecule is CC(C)(C)c1ccc(C(=O)C(=O)N2CCC[C@H]2c2ccc[nH]2)cc1. The molecule has 0 radical (unpaired) electrons. The molecule has 1 fully saturated rings. The number of aromatic amines is 1. The molecule has 0 bridgehead atoms. The summed E-state index contributed by atoms with van der Waals surface area (Å²) in [4.78, 5) is 30.2. The van der Waals surface area contributed by atoms with Gasteiger partial charge in [0.15, 0.2) is 0 Å². The molecule has 2 aromatic rings. The van der Waals surface area contributed by atoms with E-state index in [1.54, 1.807) is 17.0 Å². The summed E-state index contributed by atoms with van der Waals surface area (Å²) in [6, 6.07) is 11.3. The molecule has 1 saturated heterocycles. The van der Waals surface area contributed by atoms with Crippen LogP contribution in [0.5, 0.6) is 0 Å². The van der Waals surface area contributed by atoms with Crippen molar-refractivity contribution < 1.29 is 9.59 Å². The first-order valence-electron chi connectivity index (χ1n) is 8.47. The zero-order valence-corrected chi connectivity index (χ0v) is 14.5. The molecule has 1 aromatic heterocycles. The van der Waals surface area contributed by atoms with Gasteiger partial charge in [-0.25, -0.2) is 0 Å². The van der Waals surface area contributed by atoms with Crippen molar-refractivity contribution in [1.82, 2.24) is 9.88 Å². The fourth-order valence-electron chi connectivity index (χ4n) is 3.26. The molecular formula is C20H24N2O2. The molecule has 2 heterocycles. The first-order chi connectivity index (χ1) is 11.4. The maximum Gasteiger partial charge on any atom is 0.295 e. The number of hydrogen-bond acceptors (Lipinski definition) is 2. The van der Waals surface area contributed by atoms with Crippen LogP contribution in [0.15, 0.2) is 42.6 Å². The molecule has 3 rings (SSSR count). The third kappa shape index (κ3) is 3.14. The minimum atomic E-state index is -0.422. The lowest BCUT2D eigenvalue weighted by Gasteiger charge is -2.23. The lowest BCUT2D eigenvalue weighted by molar-refractivity contribution is -0.127. The van der Waals surface area contributed by atoms with Gasteiger partial charge in [-0.1, -0.05) is 45.0 Å². The molecule has 1 amide bonds. The van der Waals surface area contributed by atoms with Gasteiger partial charge in [0.1, 0.15) is 0 Å². The third-order valence-electron chi connectivity index (χ3n) is 4.70. The highest BCUT2D eigenvalue weighted by atomic mass is 16.2. The summed E-state index contributed by atoms with van der Waals surface area (Å²) in [5.41, 5.74) is 2.64. The second kappa shape index (κ2) is 6.27. The highest BCUT2D eigenvalue weighted by molar-refractivity contribution is 6.42. The van der Waals surface area contributed by atoms with Crippen molar-refractivity contribution in [3.05, 3.63) is 59.4 Å². The van der Waals surface area contributed by atoms with E-state index >= 15 is 0 Å². The Labute approximate surface area is 142 Å². The fourth-order valence-corrected chi connectivity index (χ4v) is 3.26. The molecular weight excluding hydrogens is 300 g/mol. The van der Waals surface area contributed by atoms with E-state index in [0.717, 1.165) is 24.1 Å². The lowest BCUT2D eigenvalue weighted by atomic mass is 9.86. The maximum atomic E-state index is 12.7. The Morgan fingerprint density at radius 2 is 1.83 bits per heavy atom. The number of nitrogens with one attached hydrogen (secondary N) is 1. The smallest absolute Gasteiger partial charge is 0.295 e. The van der Waals surface area contributed by atoms with Crippen molar-refractivity contribution in [3.63, 3.8) is 0 Å². The van der Waals surface area contributed by atoms with E-state index in [1.807, 2.05) is 30.5 Å². The number of carbonyl (C=O) groups excluding carboxylic acids is 2. The molecule has 0 unspecified atom stereocenters. The van der Waals surface area contributed by atoms with Gasteiger partial charge < -0.3 is 9.88 Å². The van der Waals surface area contributed by atoms with E-state index in [9.17, 15) is 9.59 Å². The molecule has 0 saturated carbocycles. The van der Waals surface area contributed by atoms with Crippen LogP contribution in [-0.2, 0) is 10.2 Å².